The van der Waals surface area contributed by atoms with Gasteiger partial charge < -0.3 is 4.42 Å². The summed E-state index contributed by atoms with van der Waals surface area (Å²) in [4.78, 5) is 0. The Morgan fingerprint density at radius 3 is 2.03 bits per heavy atom. The van der Waals surface area contributed by atoms with Gasteiger partial charge in [-0.2, -0.15) is 0 Å². The highest BCUT2D eigenvalue weighted by atomic mass is 16.3. The van der Waals surface area contributed by atoms with Crippen LogP contribution in [0.2, 0.25) is 0 Å². The van der Waals surface area contributed by atoms with E-state index in [9.17, 15) is 0 Å². The second-order valence-electron chi connectivity index (χ2n) is 6.65. The number of fused-ring (bicyclic) bond motifs is 3. The van der Waals surface area contributed by atoms with Gasteiger partial charge in [-0.25, -0.2) is 0 Å². The molecule has 4 aromatic rings. The second-order valence-corrected chi connectivity index (χ2v) is 6.65. The van der Waals surface area contributed by atoms with E-state index in [0.717, 1.165) is 39.0 Å². The summed E-state index contributed by atoms with van der Waals surface area (Å²) in [5, 5.41) is 2.25. The topological polar surface area (TPSA) is 18.1 Å². The van der Waals surface area contributed by atoms with Gasteiger partial charge in [-0.3, -0.25) is 4.57 Å². The zero-order valence-electron chi connectivity index (χ0n) is 18.5. The van der Waals surface area contributed by atoms with Crippen LogP contribution in [0.4, 0.5) is 0 Å². The fraction of sp³-hybridized carbons (Fsp3) is 0.143. The molecule has 154 valence electrons. The van der Waals surface area contributed by atoms with E-state index < -0.39 is 0 Å². The van der Waals surface area contributed by atoms with Crippen LogP contribution in [0.25, 0.3) is 39.9 Å². The predicted octanol–water partition coefficient (Wildman–Crippen LogP) is 8.83. The molecule has 0 spiro atoms. The van der Waals surface area contributed by atoms with Gasteiger partial charge in [0.15, 0.2) is 0 Å². The highest BCUT2D eigenvalue weighted by Crippen LogP contribution is 2.38. The fourth-order valence-electron chi connectivity index (χ4n) is 3.26. The smallest absolute Gasteiger partial charge is 0.213 e. The molecule has 0 saturated carbocycles. The highest BCUT2D eigenvalue weighted by molar-refractivity contribution is 6.10. The summed E-state index contributed by atoms with van der Waals surface area (Å²) in [5.41, 5.74) is 6.31. The van der Waals surface area contributed by atoms with E-state index in [-0.39, 0.29) is 0 Å². The lowest BCUT2D eigenvalue weighted by Gasteiger charge is -2.08. The minimum absolute atomic E-state index is 0.866. The summed E-state index contributed by atoms with van der Waals surface area (Å²) in [5.74, 6) is 0. The number of furan rings is 1. The van der Waals surface area contributed by atoms with Crippen molar-refractivity contribution in [2.45, 2.75) is 27.7 Å². The molecule has 2 heteroatoms. The number of benzene rings is 2. The van der Waals surface area contributed by atoms with Crippen molar-refractivity contribution in [1.82, 2.24) is 4.57 Å². The van der Waals surface area contributed by atoms with Gasteiger partial charge in [0.25, 0.3) is 0 Å². The maximum absolute atomic E-state index is 6.23. The first-order valence-electron chi connectivity index (χ1n) is 10.2. The molecular formula is C28H31NO. The molecule has 2 heterocycles. The SMILES string of the molecule is C=CC=C.C=Cc1c(C=C(C)C)n(-c2ccccc2)c2oc3ccccc3c12.CC. The minimum atomic E-state index is 0.866. The van der Waals surface area contributed by atoms with Gasteiger partial charge >= 0.3 is 0 Å². The average Bonchev–Trinajstić information content (AvgIpc) is 3.29. The standard InChI is InChI=1S/C22H19NO.C4H6.C2H6/c1-4-17-19(14-15(2)3)23(16-10-6-5-7-11-16)22-21(17)18-12-8-9-13-20(18)24-22;1-3-4-2;1-2/h4-14H,1H2,2-3H3;3-4H,1-2H2;1-2H3. The molecule has 0 aliphatic carbocycles. The average molecular weight is 398 g/mol. The number of para-hydroxylation sites is 2. The molecule has 0 amide bonds. The maximum Gasteiger partial charge on any atom is 0.213 e. The van der Waals surface area contributed by atoms with Crippen LogP contribution in [-0.2, 0) is 0 Å². The van der Waals surface area contributed by atoms with Crippen molar-refractivity contribution in [2.75, 3.05) is 0 Å². The molecule has 0 radical (unpaired) electrons. The van der Waals surface area contributed by atoms with Crippen LogP contribution in [0.15, 0.2) is 96.5 Å². The minimum Gasteiger partial charge on any atom is -0.439 e. The lowest BCUT2D eigenvalue weighted by molar-refractivity contribution is 0.642. The quantitative estimate of drug-likeness (QED) is 0.315. The van der Waals surface area contributed by atoms with Crippen molar-refractivity contribution in [2.24, 2.45) is 0 Å². The van der Waals surface area contributed by atoms with E-state index >= 15 is 0 Å². The van der Waals surface area contributed by atoms with Gasteiger partial charge in [0.1, 0.15) is 5.58 Å². The molecule has 2 aromatic carbocycles. The molecule has 4 rings (SSSR count). The Kier molecular flexibility index (Phi) is 8.25. The first-order valence-corrected chi connectivity index (χ1v) is 10.2. The molecular weight excluding hydrogens is 366 g/mol. The Hall–Kier alpha value is -3.52. The summed E-state index contributed by atoms with van der Waals surface area (Å²) in [6, 6.07) is 18.5. The lowest BCUT2D eigenvalue weighted by Crippen LogP contribution is -1.96. The van der Waals surface area contributed by atoms with E-state index in [4.69, 9.17) is 4.42 Å². The van der Waals surface area contributed by atoms with E-state index in [0.29, 0.717) is 0 Å². The maximum atomic E-state index is 6.23. The first-order chi connectivity index (χ1) is 14.6. The van der Waals surface area contributed by atoms with Gasteiger partial charge in [-0.1, -0.05) is 93.8 Å². The van der Waals surface area contributed by atoms with Crippen molar-refractivity contribution < 1.29 is 4.42 Å². The molecule has 0 N–H and O–H groups in total. The monoisotopic (exact) mass is 397 g/mol. The van der Waals surface area contributed by atoms with Crippen molar-refractivity contribution in [1.29, 1.82) is 0 Å². The number of nitrogens with zero attached hydrogens (tertiary/aromatic N) is 1. The van der Waals surface area contributed by atoms with Gasteiger partial charge in [0.05, 0.1) is 11.1 Å². The van der Waals surface area contributed by atoms with Crippen LogP contribution in [0.1, 0.15) is 39.0 Å². The Balaban J connectivity index is 0.000000481. The Bertz CT molecular complexity index is 1160. The van der Waals surface area contributed by atoms with Crippen LogP contribution in [0, 0.1) is 0 Å². The largest absolute Gasteiger partial charge is 0.439 e. The fourth-order valence-corrected chi connectivity index (χ4v) is 3.26. The first kappa shape index (κ1) is 22.8. The van der Waals surface area contributed by atoms with Gasteiger partial charge in [-0.15, -0.1) is 0 Å². The normalized spacial score (nSPS) is 9.73. The number of aromatic nitrogens is 1. The Labute approximate surface area is 180 Å². The Morgan fingerprint density at radius 1 is 0.867 bits per heavy atom. The third-order valence-electron chi connectivity index (χ3n) is 4.38. The third-order valence-corrected chi connectivity index (χ3v) is 4.38. The highest BCUT2D eigenvalue weighted by Gasteiger charge is 2.21. The molecule has 30 heavy (non-hydrogen) atoms. The van der Waals surface area contributed by atoms with E-state index in [1.165, 1.54) is 5.57 Å². The molecule has 2 nitrogen and oxygen atoms in total. The molecule has 2 aromatic heterocycles. The predicted molar refractivity (Wildman–Crippen MR) is 134 cm³/mol. The number of allylic oxidation sites excluding steroid dienone is 3. The molecule has 0 aliphatic rings. The van der Waals surface area contributed by atoms with Gasteiger partial charge in [-0.05, 0) is 38.1 Å². The molecule has 0 saturated heterocycles. The second kappa shape index (κ2) is 10.9. The Morgan fingerprint density at radius 2 is 1.47 bits per heavy atom. The van der Waals surface area contributed by atoms with E-state index in [1.54, 1.807) is 12.2 Å². The van der Waals surface area contributed by atoms with Crippen LogP contribution in [0.5, 0.6) is 0 Å². The number of hydrogen-bond donors (Lipinski definition) is 0. The van der Waals surface area contributed by atoms with E-state index in [2.05, 4.69) is 62.4 Å². The summed E-state index contributed by atoms with van der Waals surface area (Å²) < 4.78 is 8.41. The van der Waals surface area contributed by atoms with Crippen molar-refractivity contribution in [3.05, 3.63) is 103 Å². The summed E-state index contributed by atoms with van der Waals surface area (Å²) in [7, 11) is 0. The summed E-state index contributed by atoms with van der Waals surface area (Å²) in [6.45, 7) is 19.0. The van der Waals surface area contributed by atoms with Crippen LogP contribution in [0.3, 0.4) is 0 Å². The van der Waals surface area contributed by atoms with Crippen molar-refractivity contribution >= 4 is 34.2 Å². The van der Waals surface area contributed by atoms with Crippen LogP contribution >= 0.6 is 0 Å². The molecule has 0 fully saturated rings. The van der Waals surface area contributed by atoms with Crippen molar-refractivity contribution in [3.8, 4) is 5.69 Å². The number of hydrogen-bond acceptors (Lipinski definition) is 1. The summed E-state index contributed by atoms with van der Waals surface area (Å²) in [6.07, 6.45) is 7.40. The van der Waals surface area contributed by atoms with Crippen molar-refractivity contribution in [3.63, 3.8) is 0 Å². The molecule has 0 unspecified atom stereocenters. The lowest BCUT2D eigenvalue weighted by atomic mass is 10.1. The molecule has 0 aliphatic heterocycles. The summed E-state index contributed by atoms with van der Waals surface area (Å²) >= 11 is 0. The van der Waals surface area contributed by atoms with Crippen LogP contribution in [-0.4, -0.2) is 4.57 Å². The number of rotatable bonds is 4. The van der Waals surface area contributed by atoms with Crippen LogP contribution < -0.4 is 0 Å². The van der Waals surface area contributed by atoms with Gasteiger partial charge in [0.2, 0.25) is 5.71 Å². The molecule has 0 atom stereocenters. The van der Waals surface area contributed by atoms with Gasteiger partial charge in [0, 0.05) is 16.6 Å². The third kappa shape index (κ3) is 4.55. The van der Waals surface area contributed by atoms with E-state index in [1.807, 2.05) is 56.3 Å². The zero-order chi connectivity index (χ0) is 22.1. The zero-order valence-corrected chi connectivity index (χ0v) is 18.5. The molecule has 0 bridgehead atoms.